The second-order valence-electron chi connectivity index (χ2n) is 5.63. The van der Waals surface area contributed by atoms with E-state index in [0.717, 1.165) is 37.3 Å². The summed E-state index contributed by atoms with van der Waals surface area (Å²) < 4.78 is 5.55. The van der Waals surface area contributed by atoms with Crippen LogP contribution in [-0.4, -0.2) is 38.1 Å². The quantitative estimate of drug-likeness (QED) is 0.325. The molecule has 1 aliphatic carbocycles. The van der Waals surface area contributed by atoms with Crippen LogP contribution in [0.25, 0.3) is 0 Å². The van der Waals surface area contributed by atoms with E-state index in [0.29, 0.717) is 18.3 Å². The Labute approximate surface area is 160 Å². The SMILES string of the molecule is CCCNC(=NC)NCc1cccc(OCC(=O)NC2CC2)c1.I. The zero-order valence-electron chi connectivity index (χ0n) is 14.3. The molecular weight excluding hydrogens is 419 g/mol. The maximum atomic E-state index is 11.6. The minimum Gasteiger partial charge on any atom is -0.484 e. The van der Waals surface area contributed by atoms with E-state index >= 15 is 0 Å². The number of aliphatic imine (C=N–C) groups is 1. The minimum absolute atomic E-state index is 0. The molecule has 24 heavy (non-hydrogen) atoms. The number of halogens is 1. The standard InChI is InChI=1S/C17H26N4O2.HI/c1-3-9-19-17(18-2)20-11-13-5-4-6-15(10-13)23-12-16(22)21-14-7-8-14;/h4-6,10,14H,3,7-9,11-12H2,1-2H3,(H,21,22)(H2,18,19,20);1H. The van der Waals surface area contributed by atoms with Gasteiger partial charge in [-0.05, 0) is 37.0 Å². The van der Waals surface area contributed by atoms with Gasteiger partial charge in [0, 0.05) is 26.2 Å². The second-order valence-corrected chi connectivity index (χ2v) is 5.63. The highest BCUT2D eigenvalue weighted by Gasteiger charge is 2.23. The molecule has 1 saturated carbocycles. The summed E-state index contributed by atoms with van der Waals surface area (Å²) in [4.78, 5) is 15.8. The van der Waals surface area contributed by atoms with Crippen LogP contribution in [0.3, 0.4) is 0 Å². The van der Waals surface area contributed by atoms with Gasteiger partial charge in [0.25, 0.3) is 5.91 Å². The summed E-state index contributed by atoms with van der Waals surface area (Å²) in [5.74, 6) is 1.42. The summed E-state index contributed by atoms with van der Waals surface area (Å²) in [6, 6.07) is 8.09. The number of carbonyl (C=O) groups excluding carboxylic acids is 1. The fourth-order valence-corrected chi connectivity index (χ4v) is 2.04. The van der Waals surface area contributed by atoms with Crippen LogP contribution in [0.15, 0.2) is 29.3 Å². The van der Waals surface area contributed by atoms with E-state index in [-0.39, 0.29) is 36.5 Å². The van der Waals surface area contributed by atoms with Gasteiger partial charge in [-0.15, -0.1) is 24.0 Å². The number of benzene rings is 1. The zero-order valence-corrected chi connectivity index (χ0v) is 16.6. The van der Waals surface area contributed by atoms with Crippen molar-refractivity contribution >= 4 is 35.8 Å². The first kappa shape index (κ1) is 20.5. The van der Waals surface area contributed by atoms with Crippen LogP contribution in [0.4, 0.5) is 0 Å². The molecule has 0 saturated heterocycles. The van der Waals surface area contributed by atoms with Crippen molar-refractivity contribution in [3.8, 4) is 5.75 Å². The molecule has 1 amide bonds. The van der Waals surface area contributed by atoms with Crippen molar-refractivity contribution < 1.29 is 9.53 Å². The molecule has 0 radical (unpaired) electrons. The Hall–Kier alpha value is -1.51. The van der Waals surface area contributed by atoms with Gasteiger partial charge < -0.3 is 20.7 Å². The number of nitrogens with one attached hydrogen (secondary N) is 3. The summed E-state index contributed by atoms with van der Waals surface area (Å²) in [6.45, 7) is 3.71. The maximum absolute atomic E-state index is 11.6. The van der Waals surface area contributed by atoms with Crippen molar-refractivity contribution in [3.63, 3.8) is 0 Å². The number of hydrogen-bond acceptors (Lipinski definition) is 3. The molecule has 0 bridgehead atoms. The molecule has 0 aliphatic heterocycles. The van der Waals surface area contributed by atoms with E-state index < -0.39 is 0 Å². The number of amides is 1. The third kappa shape index (κ3) is 7.85. The van der Waals surface area contributed by atoms with Gasteiger partial charge in [0.1, 0.15) is 5.75 Å². The minimum atomic E-state index is -0.0554. The second kappa shape index (κ2) is 11.1. The summed E-state index contributed by atoms with van der Waals surface area (Å²) in [5, 5.41) is 9.38. The summed E-state index contributed by atoms with van der Waals surface area (Å²) >= 11 is 0. The van der Waals surface area contributed by atoms with Crippen LogP contribution in [0, 0.1) is 0 Å². The molecule has 7 heteroatoms. The van der Waals surface area contributed by atoms with Crippen LogP contribution in [0.5, 0.6) is 5.75 Å². The molecule has 1 aromatic rings. The molecule has 0 aromatic heterocycles. The molecule has 0 heterocycles. The van der Waals surface area contributed by atoms with Crippen molar-refractivity contribution in [1.29, 1.82) is 0 Å². The Morgan fingerprint density at radius 1 is 1.33 bits per heavy atom. The monoisotopic (exact) mass is 446 g/mol. The molecule has 1 aliphatic rings. The summed E-state index contributed by atoms with van der Waals surface area (Å²) in [6.07, 6.45) is 3.22. The Morgan fingerprint density at radius 2 is 2.12 bits per heavy atom. The van der Waals surface area contributed by atoms with Crippen molar-refractivity contribution in [2.45, 2.75) is 38.8 Å². The Morgan fingerprint density at radius 3 is 2.79 bits per heavy atom. The van der Waals surface area contributed by atoms with Gasteiger partial charge in [-0.2, -0.15) is 0 Å². The lowest BCUT2D eigenvalue weighted by molar-refractivity contribution is -0.123. The Bertz CT molecular complexity index is 547. The molecule has 0 atom stereocenters. The van der Waals surface area contributed by atoms with Crippen LogP contribution >= 0.6 is 24.0 Å². The van der Waals surface area contributed by atoms with Crippen molar-refractivity contribution in [1.82, 2.24) is 16.0 Å². The average Bonchev–Trinajstić information content (AvgIpc) is 3.37. The average molecular weight is 446 g/mol. The first-order valence-corrected chi connectivity index (χ1v) is 8.17. The van der Waals surface area contributed by atoms with Gasteiger partial charge in [0.2, 0.25) is 0 Å². The third-order valence-corrected chi connectivity index (χ3v) is 3.44. The fraction of sp³-hybridized carbons (Fsp3) is 0.529. The van der Waals surface area contributed by atoms with Crippen LogP contribution in [0.1, 0.15) is 31.7 Å². The summed E-state index contributed by atoms with van der Waals surface area (Å²) in [5.41, 5.74) is 1.07. The van der Waals surface area contributed by atoms with Crippen molar-refractivity contribution in [2.75, 3.05) is 20.2 Å². The number of ether oxygens (including phenoxy) is 1. The lowest BCUT2D eigenvalue weighted by Crippen LogP contribution is -2.37. The molecular formula is C17H27IN4O2. The van der Waals surface area contributed by atoms with Gasteiger partial charge in [0.05, 0.1) is 0 Å². The number of hydrogen-bond donors (Lipinski definition) is 3. The van der Waals surface area contributed by atoms with E-state index in [1.807, 2.05) is 24.3 Å². The topological polar surface area (TPSA) is 74.8 Å². The zero-order chi connectivity index (χ0) is 16.5. The van der Waals surface area contributed by atoms with E-state index in [2.05, 4.69) is 27.9 Å². The molecule has 134 valence electrons. The Balaban J connectivity index is 0.00000288. The van der Waals surface area contributed by atoms with E-state index in [9.17, 15) is 4.79 Å². The van der Waals surface area contributed by atoms with Gasteiger partial charge >= 0.3 is 0 Å². The predicted octanol–water partition coefficient (Wildman–Crippen LogP) is 2.04. The van der Waals surface area contributed by atoms with E-state index in [1.54, 1.807) is 7.05 Å². The lowest BCUT2D eigenvalue weighted by Gasteiger charge is -2.12. The number of nitrogens with zero attached hydrogens (tertiary/aromatic N) is 1. The largest absolute Gasteiger partial charge is 0.484 e. The number of rotatable bonds is 8. The fourth-order valence-electron chi connectivity index (χ4n) is 2.04. The smallest absolute Gasteiger partial charge is 0.258 e. The predicted molar refractivity (Wildman–Crippen MR) is 107 cm³/mol. The third-order valence-electron chi connectivity index (χ3n) is 3.44. The molecule has 1 fully saturated rings. The van der Waals surface area contributed by atoms with Crippen LogP contribution in [0.2, 0.25) is 0 Å². The normalized spacial score (nSPS) is 13.7. The molecule has 0 unspecified atom stereocenters. The van der Waals surface area contributed by atoms with Gasteiger partial charge in [0.15, 0.2) is 12.6 Å². The van der Waals surface area contributed by atoms with E-state index in [1.165, 1.54) is 0 Å². The molecule has 3 N–H and O–H groups in total. The first-order valence-electron chi connectivity index (χ1n) is 8.17. The molecule has 6 nitrogen and oxygen atoms in total. The highest BCUT2D eigenvalue weighted by molar-refractivity contribution is 14.0. The maximum Gasteiger partial charge on any atom is 0.258 e. The Kier molecular flexibility index (Phi) is 9.51. The van der Waals surface area contributed by atoms with Gasteiger partial charge in [-0.25, -0.2) is 0 Å². The van der Waals surface area contributed by atoms with Crippen LogP contribution < -0.4 is 20.7 Å². The first-order chi connectivity index (χ1) is 11.2. The van der Waals surface area contributed by atoms with Crippen molar-refractivity contribution in [3.05, 3.63) is 29.8 Å². The number of carbonyl (C=O) groups is 1. The van der Waals surface area contributed by atoms with E-state index in [4.69, 9.17) is 4.74 Å². The van der Waals surface area contributed by atoms with Gasteiger partial charge in [-0.1, -0.05) is 19.1 Å². The lowest BCUT2D eigenvalue weighted by atomic mass is 10.2. The van der Waals surface area contributed by atoms with Crippen molar-refractivity contribution in [2.24, 2.45) is 4.99 Å². The highest BCUT2D eigenvalue weighted by atomic mass is 127. The van der Waals surface area contributed by atoms with Crippen LogP contribution in [-0.2, 0) is 11.3 Å². The molecule has 2 rings (SSSR count). The summed E-state index contributed by atoms with van der Waals surface area (Å²) in [7, 11) is 1.75. The number of guanidine groups is 1. The molecule has 1 aromatic carbocycles. The highest BCUT2D eigenvalue weighted by Crippen LogP contribution is 2.18. The molecule has 0 spiro atoms. The van der Waals surface area contributed by atoms with Gasteiger partial charge in [-0.3, -0.25) is 9.79 Å².